The molecule has 0 spiro atoms. The second-order valence-corrected chi connectivity index (χ2v) is 5.81. The van der Waals surface area contributed by atoms with E-state index >= 15 is 0 Å². The number of benzene rings is 2. The summed E-state index contributed by atoms with van der Waals surface area (Å²) in [5.74, 6) is 1.79. The summed E-state index contributed by atoms with van der Waals surface area (Å²) < 4.78 is 22.1. The van der Waals surface area contributed by atoms with E-state index in [9.17, 15) is 9.59 Å². The summed E-state index contributed by atoms with van der Waals surface area (Å²) in [6, 6.07) is 14.2. The smallest absolute Gasteiger partial charge is 0.258 e. The van der Waals surface area contributed by atoms with E-state index in [1.54, 1.807) is 24.3 Å². The van der Waals surface area contributed by atoms with Crippen molar-refractivity contribution in [3.05, 3.63) is 48.5 Å². The molecule has 0 saturated heterocycles. The lowest BCUT2D eigenvalue weighted by atomic mass is 10.3. The molecule has 8 nitrogen and oxygen atoms in total. The molecule has 170 valence electrons. The molecule has 0 saturated carbocycles. The molecule has 2 aromatic rings. The van der Waals surface area contributed by atoms with Gasteiger partial charge in [0.1, 0.15) is 19.8 Å². The highest BCUT2D eigenvalue weighted by Gasteiger charge is 2.08. The topological polar surface area (TPSA) is 95.1 Å². The standard InChI is InChI=1S/C21H26N2O6.C2H6/c1-22-10-13-26-17-6-2-3-7-18(17)27-14-11-23-21(25)16-29-20-9-5-4-8-19(20)28-15-12-24;1-2/h2-9,12,22H,10-11,13-16H2,1H3,(H,23,25);1-2H3. The highest BCUT2D eigenvalue weighted by molar-refractivity contribution is 5.77. The van der Waals surface area contributed by atoms with Gasteiger partial charge in [-0.3, -0.25) is 9.59 Å². The molecule has 2 rings (SSSR count). The minimum Gasteiger partial charge on any atom is -0.488 e. The van der Waals surface area contributed by atoms with Crippen LogP contribution in [0.1, 0.15) is 13.8 Å². The van der Waals surface area contributed by atoms with Crippen LogP contribution in [0.3, 0.4) is 0 Å². The Kier molecular flexibility index (Phi) is 13.7. The highest BCUT2D eigenvalue weighted by atomic mass is 16.5. The molecule has 0 atom stereocenters. The number of amides is 1. The van der Waals surface area contributed by atoms with Gasteiger partial charge in [0.25, 0.3) is 5.91 Å². The summed E-state index contributed by atoms with van der Waals surface area (Å²) in [6.07, 6.45) is 0.646. The molecular formula is C23H32N2O6. The minimum atomic E-state index is -0.294. The summed E-state index contributed by atoms with van der Waals surface area (Å²) in [6.45, 7) is 5.61. The van der Waals surface area contributed by atoms with E-state index in [-0.39, 0.29) is 25.7 Å². The van der Waals surface area contributed by atoms with Gasteiger partial charge < -0.3 is 29.6 Å². The van der Waals surface area contributed by atoms with Gasteiger partial charge in [-0.1, -0.05) is 38.1 Å². The molecule has 8 heteroatoms. The maximum absolute atomic E-state index is 12.0. The van der Waals surface area contributed by atoms with Crippen LogP contribution in [0, 0.1) is 0 Å². The Morgan fingerprint density at radius 3 is 1.81 bits per heavy atom. The van der Waals surface area contributed by atoms with Gasteiger partial charge in [-0.15, -0.1) is 0 Å². The summed E-state index contributed by atoms with van der Waals surface area (Å²) in [4.78, 5) is 22.4. The van der Waals surface area contributed by atoms with Crippen molar-refractivity contribution < 1.29 is 28.5 Å². The van der Waals surface area contributed by atoms with Crippen LogP contribution in [0.25, 0.3) is 0 Å². The third-order valence-corrected chi connectivity index (χ3v) is 3.66. The van der Waals surface area contributed by atoms with Crippen molar-refractivity contribution in [1.82, 2.24) is 10.6 Å². The maximum atomic E-state index is 12.0. The Hall–Kier alpha value is -3.26. The fraction of sp³-hybridized carbons (Fsp3) is 0.391. The number of nitrogens with one attached hydrogen (secondary N) is 2. The van der Waals surface area contributed by atoms with Crippen LogP contribution < -0.4 is 29.6 Å². The summed E-state index contributed by atoms with van der Waals surface area (Å²) >= 11 is 0. The molecule has 2 aromatic carbocycles. The second kappa shape index (κ2) is 16.5. The summed E-state index contributed by atoms with van der Waals surface area (Å²) in [7, 11) is 1.86. The molecule has 31 heavy (non-hydrogen) atoms. The summed E-state index contributed by atoms with van der Waals surface area (Å²) in [5, 5.41) is 5.73. The van der Waals surface area contributed by atoms with Gasteiger partial charge in [-0.05, 0) is 31.3 Å². The van der Waals surface area contributed by atoms with Gasteiger partial charge in [0.15, 0.2) is 35.9 Å². The molecule has 0 aliphatic rings. The third-order valence-electron chi connectivity index (χ3n) is 3.66. The molecular weight excluding hydrogens is 400 g/mol. The van der Waals surface area contributed by atoms with Gasteiger partial charge in [-0.2, -0.15) is 0 Å². The monoisotopic (exact) mass is 432 g/mol. The number of ether oxygens (including phenoxy) is 4. The lowest BCUT2D eigenvalue weighted by Crippen LogP contribution is -2.32. The van der Waals surface area contributed by atoms with Crippen molar-refractivity contribution in [3.63, 3.8) is 0 Å². The van der Waals surface area contributed by atoms with E-state index in [1.807, 2.05) is 45.2 Å². The van der Waals surface area contributed by atoms with E-state index in [4.69, 9.17) is 18.9 Å². The SMILES string of the molecule is CC.CNCCOc1ccccc1OCCNC(=O)COc1ccccc1OCC=O. The van der Waals surface area contributed by atoms with Crippen LogP contribution in [0.2, 0.25) is 0 Å². The van der Waals surface area contributed by atoms with E-state index in [0.29, 0.717) is 42.4 Å². The Morgan fingerprint density at radius 1 is 0.806 bits per heavy atom. The summed E-state index contributed by atoms with van der Waals surface area (Å²) in [5.41, 5.74) is 0. The Labute approximate surface area is 183 Å². The van der Waals surface area contributed by atoms with Crippen LogP contribution in [-0.2, 0) is 9.59 Å². The molecule has 2 N–H and O–H groups in total. The van der Waals surface area contributed by atoms with Crippen molar-refractivity contribution in [3.8, 4) is 23.0 Å². The van der Waals surface area contributed by atoms with E-state index < -0.39 is 0 Å². The van der Waals surface area contributed by atoms with Crippen LogP contribution in [0.4, 0.5) is 0 Å². The van der Waals surface area contributed by atoms with Gasteiger partial charge in [0.2, 0.25) is 0 Å². The predicted octanol–water partition coefficient (Wildman–Crippen LogP) is 2.46. The van der Waals surface area contributed by atoms with Crippen molar-refractivity contribution in [1.29, 1.82) is 0 Å². The Morgan fingerprint density at radius 2 is 1.29 bits per heavy atom. The molecule has 0 radical (unpaired) electrons. The van der Waals surface area contributed by atoms with Crippen LogP contribution >= 0.6 is 0 Å². The molecule has 0 aliphatic carbocycles. The van der Waals surface area contributed by atoms with E-state index in [0.717, 1.165) is 6.54 Å². The number of hydrogen-bond acceptors (Lipinski definition) is 7. The van der Waals surface area contributed by atoms with Gasteiger partial charge >= 0.3 is 0 Å². The quantitative estimate of drug-likeness (QED) is 0.350. The Bertz CT molecular complexity index is 769. The molecule has 0 aliphatic heterocycles. The Balaban J connectivity index is 0.00000233. The highest BCUT2D eigenvalue weighted by Crippen LogP contribution is 2.26. The van der Waals surface area contributed by atoms with Gasteiger partial charge in [0, 0.05) is 6.54 Å². The van der Waals surface area contributed by atoms with Crippen molar-refractivity contribution in [2.24, 2.45) is 0 Å². The van der Waals surface area contributed by atoms with E-state index in [2.05, 4.69) is 10.6 Å². The molecule has 0 bridgehead atoms. The van der Waals surface area contributed by atoms with Gasteiger partial charge in [-0.25, -0.2) is 0 Å². The predicted molar refractivity (Wildman–Crippen MR) is 119 cm³/mol. The fourth-order valence-corrected chi connectivity index (χ4v) is 2.31. The van der Waals surface area contributed by atoms with Crippen molar-refractivity contribution in [2.75, 3.05) is 46.6 Å². The number of carbonyl (C=O) groups excluding carboxylic acids is 2. The molecule has 0 heterocycles. The second-order valence-electron chi connectivity index (χ2n) is 5.81. The number of likely N-dealkylation sites (N-methyl/N-ethyl adjacent to an activating group) is 1. The number of aldehydes is 1. The lowest BCUT2D eigenvalue weighted by molar-refractivity contribution is -0.123. The first-order chi connectivity index (χ1) is 15.2. The first-order valence-electron chi connectivity index (χ1n) is 10.3. The van der Waals surface area contributed by atoms with Crippen molar-refractivity contribution >= 4 is 12.2 Å². The average molecular weight is 433 g/mol. The number of carbonyl (C=O) groups is 2. The van der Waals surface area contributed by atoms with Crippen LogP contribution in [-0.4, -0.2) is 58.8 Å². The van der Waals surface area contributed by atoms with Crippen LogP contribution in [0.5, 0.6) is 23.0 Å². The zero-order valence-electron chi connectivity index (χ0n) is 18.4. The molecule has 0 aromatic heterocycles. The molecule has 0 unspecified atom stereocenters. The average Bonchev–Trinajstić information content (AvgIpc) is 2.82. The molecule has 1 amide bonds. The zero-order valence-corrected chi connectivity index (χ0v) is 18.4. The van der Waals surface area contributed by atoms with E-state index in [1.165, 1.54) is 0 Å². The van der Waals surface area contributed by atoms with Gasteiger partial charge in [0.05, 0.1) is 6.54 Å². The minimum absolute atomic E-state index is 0.0793. The number of hydrogen-bond donors (Lipinski definition) is 2. The normalized spacial score (nSPS) is 9.65. The lowest BCUT2D eigenvalue weighted by Gasteiger charge is -2.13. The van der Waals surface area contributed by atoms with Crippen molar-refractivity contribution in [2.45, 2.75) is 13.8 Å². The van der Waals surface area contributed by atoms with Crippen LogP contribution in [0.15, 0.2) is 48.5 Å². The largest absolute Gasteiger partial charge is 0.488 e. The third kappa shape index (κ3) is 10.4. The maximum Gasteiger partial charge on any atom is 0.258 e. The number of para-hydroxylation sites is 4. The first kappa shape index (κ1) is 25.8. The molecule has 0 fully saturated rings. The zero-order chi connectivity index (χ0) is 22.7. The fourth-order valence-electron chi connectivity index (χ4n) is 2.31. The first-order valence-corrected chi connectivity index (χ1v) is 10.3. The number of rotatable bonds is 14.